The van der Waals surface area contributed by atoms with Crippen molar-refractivity contribution < 1.29 is 19.0 Å². The fraction of sp³-hybridized carbons (Fsp3) is 0.762. The molecule has 3 heterocycles. The molecule has 0 spiro atoms. The minimum Gasteiger partial charge on any atom is -0.478 e. The lowest BCUT2D eigenvalue weighted by Gasteiger charge is -2.32. The highest BCUT2D eigenvalue weighted by atomic mass is 16.6. The summed E-state index contributed by atoms with van der Waals surface area (Å²) in [7, 11) is 1.62. The molecule has 8 heteroatoms. The number of carbonyl (C=O) groups excluding carboxylic acids is 1. The Bertz CT molecular complexity index is 711. The Morgan fingerprint density at radius 1 is 1.17 bits per heavy atom. The maximum Gasteiger partial charge on any atom is 0.410 e. The summed E-state index contributed by atoms with van der Waals surface area (Å²) in [5.41, 5.74) is -0.213. The summed E-state index contributed by atoms with van der Waals surface area (Å²) < 4.78 is 16.9. The van der Waals surface area contributed by atoms with Gasteiger partial charge < -0.3 is 24.0 Å². The average molecular weight is 405 g/mol. The molecule has 0 unspecified atom stereocenters. The van der Waals surface area contributed by atoms with Crippen molar-refractivity contribution in [3.8, 4) is 11.8 Å². The van der Waals surface area contributed by atoms with Crippen LogP contribution in [0.2, 0.25) is 0 Å². The number of hydrogen-bond acceptors (Lipinski definition) is 7. The molecule has 0 N–H and O–H groups in total. The molecule has 0 bridgehead atoms. The quantitative estimate of drug-likeness (QED) is 0.720. The summed E-state index contributed by atoms with van der Waals surface area (Å²) in [6.45, 7) is 5.98. The first-order valence-corrected chi connectivity index (χ1v) is 10.8. The number of rotatable bonds is 6. The fourth-order valence-corrected chi connectivity index (χ4v) is 3.92. The number of aromatic nitrogens is 2. The van der Waals surface area contributed by atoms with Crippen LogP contribution < -0.4 is 14.4 Å². The largest absolute Gasteiger partial charge is 0.478 e. The smallest absolute Gasteiger partial charge is 0.410 e. The van der Waals surface area contributed by atoms with Crippen LogP contribution in [0.3, 0.4) is 0 Å². The van der Waals surface area contributed by atoms with Crippen molar-refractivity contribution in [2.45, 2.75) is 57.5 Å². The van der Waals surface area contributed by atoms with Crippen LogP contribution >= 0.6 is 0 Å². The van der Waals surface area contributed by atoms with E-state index in [1.165, 1.54) is 19.3 Å². The van der Waals surface area contributed by atoms with Crippen molar-refractivity contribution >= 4 is 11.9 Å². The van der Waals surface area contributed by atoms with E-state index in [4.69, 9.17) is 14.2 Å². The summed E-state index contributed by atoms with van der Waals surface area (Å²) in [4.78, 5) is 25.3. The van der Waals surface area contributed by atoms with Crippen molar-refractivity contribution in [1.82, 2.24) is 14.9 Å². The highest BCUT2D eigenvalue weighted by Gasteiger charge is 2.43. The first-order valence-electron chi connectivity index (χ1n) is 10.8. The molecule has 1 aromatic rings. The number of likely N-dealkylation sites (tertiary alicyclic amines) is 1. The van der Waals surface area contributed by atoms with Gasteiger partial charge in [0.2, 0.25) is 5.88 Å². The van der Waals surface area contributed by atoms with E-state index in [1.807, 2.05) is 11.8 Å². The summed E-state index contributed by atoms with van der Waals surface area (Å²) in [5, 5.41) is 0. The van der Waals surface area contributed by atoms with E-state index in [1.54, 1.807) is 13.3 Å². The van der Waals surface area contributed by atoms with Gasteiger partial charge in [-0.2, -0.15) is 4.98 Å². The number of anilines is 1. The predicted molar refractivity (Wildman–Crippen MR) is 109 cm³/mol. The van der Waals surface area contributed by atoms with Gasteiger partial charge in [-0.3, -0.25) is 0 Å². The standard InChI is InChI=1S/C21H32N4O4/c1-21(8-9-21)29-20(26)25-12-6-16(7-13-25)15-28-17-14-22-18(19(23-17)27-2)24-10-4-3-5-11-24/h14,16H,3-13,15H2,1-2H3. The lowest BCUT2D eigenvalue weighted by molar-refractivity contribution is 0.0454. The van der Waals surface area contributed by atoms with Gasteiger partial charge >= 0.3 is 6.09 Å². The molecule has 0 radical (unpaired) electrons. The van der Waals surface area contributed by atoms with Gasteiger partial charge in [0.05, 0.1) is 19.9 Å². The number of nitrogens with zero attached hydrogens (tertiary/aromatic N) is 4. The van der Waals surface area contributed by atoms with Crippen molar-refractivity contribution in [2.24, 2.45) is 5.92 Å². The molecule has 0 atom stereocenters. The molecule has 1 aromatic heterocycles. The average Bonchev–Trinajstić information content (AvgIpc) is 3.49. The molecule has 1 saturated carbocycles. The molecular formula is C21H32N4O4. The Balaban J connectivity index is 1.25. The molecular weight excluding hydrogens is 372 g/mol. The predicted octanol–water partition coefficient (Wildman–Crippen LogP) is 3.26. The monoisotopic (exact) mass is 404 g/mol. The van der Waals surface area contributed by atoms with Gasteiger partial charge in [-0.25, -0.2) is 9.78 Å². The number of ether oxygens (including phenoxy) is 3. The fourth-order valence-electron chi connectivity index (χ4n) is 3.92. The van der Waals surface area contributed by atoms with Crippen LogP contribution in [0.25, 0.3) is 0 Å². The Kier molecular flexibility index (Phi) is 5.96. The highest BCUT2D eigenvalue weighted by Crippen LogP contribution is 2.39. The second kappa shape index (κ2) is 8.63. The van der Waals surface area contributed by atoms with Crippen LogP contribution in [0.5, 0.6) is 11.8 Å². The highest BCUT2D eigenvalue weighted by molar-refractivity contribution is 5.68. The van der Waals surface area contributed by atoms with E-state index in [2.05, 4.69) is 14.9 Å². The van der Waals surface area contributed by atoms with Crippen molar-refractivity contribution in [2.75, 3.05) is 44.8 Å². The van der Waals surface area contributed by atoms with E-state index in [-0.39, 0.29) is 11.7 Å². The molecule has 4 rings (SSSR count). The van der Waals surface area contributed by atoms with Gasteiger partial charge in [0.25, 0.3) is 5.88 Å². The second-order valence-corrected chi connectivity index (χ2v) is 8.65. The van der Waals surface area contributed by atoms with Crippen LogP contribution in [0, 0.1) is 5.92 Å². The van der Waals surface area contributed by atoms with Gasteiger partial charge in [-0.1, -0.05) is 0 Å². The van der Waals surface area contributed by atoms with Gasteiger partial charge in [-0.15, -0.1) is 0 Å². The number of hydrogen-bond donors (Lipinski definition) is 0. The van der Waals surface area contributed by atoms with E-state index in [0.29, 0.717) is 37.4 Å². The van der Waals surface area contributed by atoms with Crippen molar-refractivity contribution in [3.05, 3.63) is 6.20 Å². The first kappa shape index (κ1) is 20.0. The lowest BCUT2D eigenvalue weighted by Crippen LogP contribution is -2.41. The zero-order valence-corrected chi connectivity index (χ0v) is 17.6. The summed E-state index contributed by atoms with van der Waals surface area (Å²) in [6.07, 6.45) is 8.90. The third-order valence-electron chi connectivity index (χ3n) is 6.18. The second-order valence-electron chi connectivity index (χ2n) is 8.65. The minimum absolute atomic E-state index is 0.173. The maximum atomic E-state index is 12.2. The number of methoxy groups -OCH3 is 1. The Morgan fingerprint density at radius 2 is 1.90 bits per heavy atom. The summed E-state index contributed by atoms with van der Waals surface area (Å²) >= 11 is 0. The third kappa shape index (κ3) is 5.03. The maximum absolute atomic E-state index is 12.2. The van der Waals surface area contributed by atoms with E-state index in [0.717, 1.165) is 44.6 Å². The van der Waals surface area contributed by atoms with E-state index < -0.39 is 0 Å². The topological polar surface area (TPSA) is 77.0 Å². The lowest BCUT2D eigenvalue weighted by atomic mass is 9.98. The Hall–Kier alpha value is -2.25. The SMILES string of the molecule is COc1nc(OCC2CCN(C(=O)OC3(C)CC3)CC2)cnc1N1CCCCC1. The molecule has 0 aromatic carbocycles. The van der Waals surface area contributed by atoms with Crippen molar-refractivity contribution in [3.63, 3.8) is 0 Å². The molecule has 2 aliphatic heterocycles. The van der Waals surface area contributed by atoms with Crippen LogP contribution in [0.4, 0.5) is 10.6 Å². The molecule has 8 nitrogen and oxygen atoms in total. The molecule has 2 saturated heterocycles. The number of carbonyl (C=O) groups is 1. The van der Waals surface area contributed by atoms with Crippen LogP contribution in [0.1, 0.15) is 51.9 Å². The Labute approximate surface area is 172 Å². The van der Waals surface area contributed by atoms with Gasteiger partial charge in [0.15, 0.2) is 5.82 Å². The summed E-state index contributed by atoms with van der Waals surface area (Å²) in [6, 6.07) is 0. The molecule has 1 amide bonds. The molecule has 1 aliphatic carbocycles. The van der Waals surface area contributed by atoms with Crippen molar-refractivity contribution in [1.29, 1.82) is 0 Å². The van der Waals surface area contributed by atoms with E-state index >= 15 is 0 Å². The Morgan fingerprint density at radius 3 is 2.55 bits per heavy atom. The number of amides is 1. The van der Waals surface area contributed by atoms with Crippen LogP contribution in [0.15, 0.2) is 6.20 Å². The molecule has 160 valence electrons. The number of piperidine rings is 2. The van der Waals surface area contributed by atoms with Gasteiger partial charge in [0.1, 0.15) is 5.60 Å². The zero-order chi connectivity index (χ0) is 20.3. The minimum atomic E-state index is -0.213. The molecule has 3 fully saturated rings. The van der Waals surface area contributed by atoms with Crippen LogP contribution in [-0.2, 0) is 4.74 Å². The molecule has 29 heavy (non-hydrogen) atoms. The molecule has 3 aliphatic rings. The zero-order valence-electron chi connectivity index (χ0n) is 17.6. The third-order valence-corrected chi connectivity index (χ3v) is 6.18. The summed E-state index contributed by atoms with van der Waals surface area (Å²) in [5.74, 6) is 2.21. The van der Waals surface area contributed by atoms with Gasteiger partial charge in [0, 0.05) is 26.2 Å². The van der Waals surface area contributed by atoms with Gasteiger partial charge in [-0.05, 0) is 57.8 Å². The first-order chi connectivity index (χ1) is 14.1. The normalized spacial score (nSPS) is 21.6. The van der Waals surface area contributed by atoms with Crippen LogP contribution in [-0.4, -0.2) is 66.5 Å². The van der Waals surface area contributed by atoms with E-state index in [9.17, 15) is 4.79 Å².